The van der Waals surface area contributed by atoms with Gasteiger partial charge in [0.25, 0.3) is 0 Å². The maximum atomic E-state index is 13.9. The number of halogens is 3. The van der Waals surface area contributed by atoms with Crippen LogP contribution in [-0.4, -0.2) is 23.5 Å². The summed E-state index contributed by atoms with van der Waals surface area (Å²) in [5.74, 6) is 0.704. The number of carbonyl (C=O) groups excluding carboxylic acids is 1. The van der Waals surface area contributed by atoms with Crippen LogP contribution in [0.3, 0.4) is 0 Å². The van der Waals surface area contributed by atoms with Crippen LogP contribution in [0.4, 0.5) is 4.39 Å². The fourth-order valence-electron chi connectivity index (χ4n) is 2.95. The summed E-state index contributed by atoms with van der Waals surface area (Å²) in [7, 11) is 0. The minimum Gasteiger partial charge on any atom is -0.492 e. The number of benzene rings is 1. The number of rotatable bonds is 5. The summed E-state index contributed by atoms with van der Waals surface area (Å²) < 4.78 is 19.6. The van der Waals surface area contributed by atoms with Gasteiger partial charge in [0.05, 0.1) is 22.7 Å². The van der Waals surface area contributed by atoms with Crippen LogP contribution >= 0.6 is 23.2 Å². The molecule has 1 aromatic carbocycles. The first-order chi connectivity index (χ1) is 10.9. The van der Waals surface area contributed by atoms with E-state index in [9.17, 15) is 9.18 Å². The molecule has 1 aliphatic carbocycles. The lowest BCUT2D eigenvalue weighted by molar-refractivity contribution is -0.0159. The second-order valence-corrected chi connectivity index (χ2v) is 6.82. The number of pyridine rings is 1. The summed E-state index contributed by atoms with van der Waals surface area (Å²) in [6.07, 6.45) is 2.26. The third kappa shape index (κ3) is 3.29. The van der Waals surface area contributed by atoms with E-state index in [4.69, 9.17) is 27.9 Å². The quantitative estimate of drug-likeness (QED) is 0.542. The lowest BCUT2D eigenvalue weighted by Crippen LogP contribution is -2.41. The Morgan fingerprint density at radius 3 is 2.78 bits per heavy atom. The maximum absolute atomic E-state index is 13.9. The minimum absolute atomic E-state index is 0.143. The zero-order valence-corrected chi connectivity index (χ0v) is 14.1. The largest absolute Gasteiger partial charge is 0.492 e. The molecule has 0 atom stereocenters. The molecule has 1 aromatic heterocycles. The standard InChI is InChI=1S/C17H16Cl2FNO2/c1-2-17(20)6-10(7-17)9-23-15-5-14-11(4-13(15)18)3-12(8-22)16(19)21-14/h3-5,8,10H,2,6-7,9H2,1H3. The first-order valence-corrected chi connectivity index (χ1v) is 8.26. The molecular formula is C17H16Cl2FNO2. The molecule has 23 heavy (non-hydrogen) atoms. The molecular weight excluding hydrogens is 340 g/mol. The van der Waals surface area contributed by atoms with E-state index in [2.05, 4.69) is 4.98 Å². The van der Waals surface area contributed by atoms with Crippen LogP contribution in [0.5, 0.6) is 5.75 Å². The number of aldehydes is 1. The monoisotopic (exact) mass is 355 g/mol. The van der Waals surface area contributed by atoms with Crippen molar-refractivity contribution < 1.29 is 13.9 Å². The summed E-state index contributed by atoms with van der Waals surface area (Å²) in [6, 6.07) is 5.02. The van der Waals surface area contributed by atoms with Crippen molar-refractivity contribution in [3.8, 4) is 5.75 Å². The van der Waals surface area contributed by atoms with Gasteiger partial charge >= 0.3 is 0 Å². The topological polar surface area (TPSA) is 39.2 Å². The van der Waals surface area contributed by atoms with Crippen LogP contribution in [0.2, 0.25) is 10.2 Å². The zero-order valence-electron chi connectivity index (χ0n) is 12.6. The number of fused-ring (bicyclic) bond motifs is 1. The van der Waals surface area contributed by atoms with Gasteiger partial charge in [0.2, 0.25) is 0 Å². The summed E-state index contributed by atoms with van der Waals surface area (Å²) in [4.78, 5) is 15.1. The molecule has 0 amide bonds. The van der Waals surface area contributed by atoms with E-state index >= 15 is 0 Å². The van der Waals surface area contributed by atoms with Crippen molar-refractivity contribution in [1.82, 2.24) is 4.98 Å². The van der Waals surface area contributed by atoms with E-state index in [1.165, 1.54) is 0 Å². The molecule has 6 heteroatoms. The van der Waals surface area contributed by atoms with Crippen molar-refractivity contribution in [3.63, 3.8) is 0 Å². The molecule has 2 aromatic rings. The van der Waals surface area contributed by atoms with Gasteiger partial charge < -0.3 is 4.74 Å². The number of aromatic nitrogens is 1. The summed E-state index contributed by atoms with van der Waals surface area (Å²) >= 11 is 12.2. The predicted octanol–water partition coefficient (Wildman–Crippen LogP) is 5.26. The minimum atomic E-state index is -1.03. The highest BCUT2D eigenvalue weighted by Crippen LogP contribution is 2.44. The van der Waals surface area contributed by atoms with Gasteiger partial charge in [0, 0.05) is 11.5 Å². The van der Waals surface area contributed by atoms with Gasteiger partial charge in [-0.1, -0.05) is 30.1 Å². The molecule has 1 saturated carbocycles. The maximum Gasteiger partial charge on any atom is 0.153 e. The van der Waals surface area contributed by atoms with Crippen molar-refractivity contribution in [2.24, 2.45) is 5.92 Å². The zero-order chi connectivity index (χ0) is 16.6. The third-order valence-electron chi connectivity index (χ3n) is 4.39. The molecule has 0 bridgehead atoms. The van der Waals surface area contributed by atoms with Gasteiger partial charge in [-0.15, -0.1) is 0 Å². The van der Waals surface area contributed by atoms with Crippen molar-refractivity contribution in [3.05, 3.63) is 33.9 Å². The molecule has 0 N–H and O–H groups in total. The fraction of sp³-hybridized carbons (Fsp3) is 0.412. The Bertz CT molecular complexity index is 760. The Morgan fingerprint density at radius 2 is 2.13 bits per heavy atom. The van der Waals surface area contributed by atoms with Gasteiger partial charge in [0.1, 0.15) is 16.6 Å². The molecule has 0 aliphatic heterocycles. The highest BCUT2D eigenvalue weighted by atomic mass is 35.5. The molecule has 1 heterocycles. The van der Waals surface area contributed by atoms with Crippen LogP contribution in [0.1, 0.15) is 36.5 Å². The van der Waals surface area contributed by atoms with Gasteiger partial charge in [-0.05, 0) is 37.3 Å². The van der Waals surface area contributed by atoms with E-state index in [0.717, 1.165) is 0 Å². The molecule has 0 unspecified atom stereocenters. The Balaban J connectivity index is 1.76. The Kier molecular flexibility index (Phi) is 4.47. The smallest absolute Gasteiger partial charge is 0.153 e. The Hall–Kier alpha value is -1.39. The van der Waals surface area contributed by atoms with Crippen LogP contribution in [-0.2, 0) is 0 Å². The Labute approximate surface area is 143 Å². The molecule has 3 nitrogen and oxygen atoms in total. The first kappa shape index (κ1) is 16.5. The second kappa shape index (κ2) is 6.25. The summed E-state index contributed by atoms with van der Waals surface area (Å²) in [5, 5.41) is 1.29. The molecule has 0 radical (unpaired) electrons. The van der Waals surface area contributed by atoms with Crippen molar-refractivity contribution in [2.75, 3.05) is 6.61 Å². The molecule has 3 rings (SSSR count). The molecule has 0 spiro atoms. The second-order valence-electron chi connectivity index (χ2n) is 6.05. The number of hydrogen-bond acceptors (Lipinski definition) is 3. The average Bonchev–Trinajstić information content (AvgIpc) is 2.50. The van der Waals surface area contributed by atoms with Crippen LogP contribution in [0.25, 0.3) is 10.9 Å². The van der Waals surface area contributed by atoms with E-state index in [1.807, 2.05) is 6.92 Å². The predicted molar refractivity (Wildman–Crippen MR) is 89.5 cm³/mol. The lowest BCUT2D eigenvalue weighted by atomic mass is 9.71. The highest BCUT2D eigenvalue weighted by molar-refractivity contribution is 6.33. The number of alkyl halides is 1. The normalized spacial score (nSPS) is 23.6. The van der Waals surface area contributed by atoms with Crippen molar-refractivity contribution in [2.45, 2.75) is 31.9 Å². The summed E-state index contributed by atoms with van der Waals surface area (Å²) in [5.41, 5.74) is -0.110. The summed E-state index contributed by atoms with van der Waals surface area (Å²) in [6.45, 7) is 2.29. The highest BCUT2D eigenvalue weighted by Gasteiger charge is 2.43. The third-order valence-corrected chi connectivity index (χ3v) is 4.99. The lowest BCUT2D eigenvalue weighted by Gasteiger charge is -2.40. The van der Waals surface area contributed by atoms with E-state index in [1.54, 1.807) is 18.2 Å². The number of hydrogen-bond donors (Lipinski definition) is 0. The Morgan fingerprint density at radius 1 is 1.39 bits per heavy atom. The van der Waals surface area contributed by atoms with Crippen LogP contribution in [0, 0.1) is 5.92 Å². The molecule has 122 valence electrons. The van der Waals surface area contributed by atoms with Crippen molar-refractivity contribution >= 4 is 40.4 Å². The van der Waals surface area contributed by atoms with E-state index in [0.29, 0.717) is 59.4 Å². The number of carbonyl (C=O) groups is 1. The molecule has 0 saturated heterocycles. The molecule has 1 fully saturated rings. The van der Waals surface area contributed by atoms with Gasteiger partial charge in [0.15, 0.2) is 6.29 Å². The molecule has 1 aliphatic rings. The SMILES string of the molecule is CCC1(F)CC(COc2cc3nc(Cl)c(C=O)cc3cc2Cl)C1. The number of nitrogens with zero attached hydrogens (tertiary/aromatic N) is 1. The number of ether oxygens (including phenoxy) is 1. The van der Waals surface area contributed by atoms with E-state index in [-0.39, 0.29) is 11.1 Å². The van der Waals surface area contributed by atoms with Gasteiger partial charge in [-0.25, -0.2) is 9.37 Å². The van der Waals surface area contributed by atoms with Crippen molar-refractivity contribution in [1.29, 1.82) is 0 Å². The van der Waals surface area contributed by atoms with Gasteiger partial charge in [-0.3, -0.25) is 4.79 Å². The van der Waals surface area contributed by atoms with E-state index < -0.39 is 5.67 Å². The first-order valence-electron chi connectivity index (χ1n) is 7.51. The van der Waals surface area contributed by atoms with Crippen LogP contribution in [0.15, 0.2) is 18.2 Å². The average molecular weight is 356 g/mol. The fourth-order valence-corrected chi connectivity index (χ4v) is 3.37. The van der Waals surface area contributed by atoms with Gasteiger partial charge in [-0.2, -0.15) is 0 Å². The van der Waals surface area contributed by atoms with Crippen LogP contribution < -0.4 is 4.74 Å².